The summed E-state index contributed by atoms with van der Waals surface area (Å²) in [5.74, 6) is 1.52. The average molecular weight is 200 g/mol. The zero-order valence-corrected chi connectivity index (χ0v) is 10.0. The molecule has 0 unspecified atom stereocenters. The fraction of sp³-hybridized carbons (Fsp3) is 0.467. The molecule has 0 radical (unpaired) electrons. The standard InChI is InChI=1S/C15H20/c1-5-14-11(3)6-7-13-9-10(2)8-12(4)15(13)14/h5-7,10,12H,1,8-9H2,2-4H3/t10-,12+/m0/s1. The number of aryl methyl sites for hydroxylation is 1. The lowest BCUT2D eigenvalue weighted by Gasteiger charge is -2.29. The maximum absolute atomic E-state index is 3.95. The lowest BCUT2D eigenvalue weighted by Crippen LogP contribution is -2.16. The topological polar surface area (TPSA) is 0 Å². The van der Waals surface area contributed by atoms with E-state index in [1.165, 1.54) is 24.0 Å². The molecule has 0 aliphatic heterocycles. The lowest BCUT2D eigenvalue weighted by molar-refractivity contribution is 0.449. The van der Waals surface area contributed by atoms with Crippen molar-refractivity contribution in [2.75, 3.05) is 0 Å². The van der Waals surface area contributed by atoms with Crippen LogP contribution in [0.1, 0.15) is 48.4 Å². The second-order valence-corrected chi connectivity index (χ2v) is 5.02. The van der Waals surface area contributed by atoms with Crippen LogP contribution in [0.5, 0.6) is 0 Å². The first kappa shape index (κ1) is 10.5. The molecule has 0 fully saturated rings. The van der Waals surface area contributed by atoms with Gasteiger partial charge in [-0.05, 0) is 53.9 Å². The van der Waals surface area contributed by atoms with Crippen LogP contribution in [-0.4, -0.2) is 0 Å². The van der Waals surface area contributed by atoms with Crippen molar-refractivity contribution in [1.82, 2.24) is 0 Å². The van der Waals surface area contributed by atoms with Gasteiger partial charge in [-0.1, -0.05) is 38.6 Å². The zero-order chi connectivity index (χ0) is 11.0. The molecule has 0 nitrogen and oxygen atoms in total. The highest BCUT2D eigenvalue weighted by Gasteiger charge is 2.23. The van der Waals surface area contributed by atoms with Crippen molar-refractivity contribution in [3.05, 3.63) is 41.0 Å². The normalized spacial score (nSPS) is 24.7. The van der Waals surface area contributed by atoms with Gasteiger partial charge in [0.25, 0.3) is 0 Å². The van der Waals surface area contributed by atoms with Crippen LogP contribution in [0.15, 0.2) is 18.7 Å². The van der Waals surface area contributed by atoms with Gasteiger partial charge in [-0.2, -0.15) is 0 Å². The highest BCUT2D eigenvalue weighted by molar-refractivity contribution is 5.60. The molecule has 0 spiro atoms. The van der Waals surface area contributed by atoms with Crippen LogP contribution in [0.3, 0.4) is 0 Å². The smallest absolute Gasteiger partial charge is 0.0179 e. The van der Waals surface area contributed by atoms with Crippen LogP contribution in [0.25, 0.3) is 6.08 Å². The summed E-state index contributed by atoms with van der Waals surface area (Å²) >= 11 is 0. The zero-order valence-electron chi connectivity index (χ0n) is 10.0. The summed E-state index contributed by atoms with van der Waals surface area (Å²) in [6, 6.07) is 4.55. The highest BCUT2D eigenvalue weighted by Crippen LogP contribution is 2.37. The molecule has 2 rings (SSSR count). The molecule has 0 amide bonds. The predicted octanol–water partition coefficient (Wildman–Crippen LogP) is 4.32. The second kappa shape index (κ2) is 3.84. The Morgan fingerprint density at radius 3 is 2.73 bits per heavy atom. The van der Waals surface area contributed by atoms with Gasteiger partial charge in [0.1, 0.15) is 0 Å². The molecule has 2 atom stereocenters. The molecule has 80 valence electrons. The number of hydrogen-bond acceptors (Lipinski definition) is 0. The highest BCUT2D eigenvalue weighted by atomic mass is 14.3. The molecule has 0 saturated heterocycles. The largest absolute Gasteiger partial charge is 0.0984 e. The van der Waals surface area contributed by atoms with Gasteiger partial charge >= 0.3 is 0 Å². The molecule has 1 aromatic carbocycles. The fourth-order valence-electron chi connectivity index (χ4n) is 3.00. The Bertz CT molecular complexity index is 387. The molecule has 1 aliphatic rings. The minimum atomic E-state index is 0.691. The number of hydrogen-bond donors (Lipinski definition) is 0. The monoisotopic (exact) mass is 200 g/mol. The maximum atomic E-state index is 3.95. The SMILES string of the molecule is C=Cc1c(C)ccc2c1[C@H](C)C[C@H](C)C2. The van der Waals surface area contributed by atoms with Crippen molar-refractivity contribution in [2.45, 2.75) is 39.5 Å². The first-order valence-corrected chi connectivity index (χ1v) is 5.88. The fourth-order valence-corrected chi connectivity index (χ4v) is 3.00. The van der Waals surface area contributed by atoms with Gasteiger partial charge in [-0.25, -0.2) is 0 Å². The second-order valence-electron chi connectivity index (χ2n) is 5.02. The van der Waals surface area contributed by atoms with Gasteiger partial charge in [0.2, 0.25) is 0 Å². The summed E-state index contributed by atoms with van der Waals surface area (Å²) < 4.78 is 0. The Morgan fingerprint density at radius 2 is 2.07 bits per heavy atom. The third-order valence-corrected chi connectivity index (χ3v) is 3.62. The van der Waals surface area contributed by atoms with Gasteiger partial charge in [0.05, 0.1) is 0 Å². The van der Waals surface area contributed by atoms with E-state index in [1.54, 1.807) is 11.1 Å². The molecule has 0 heteroatoms. The average Bonchev–Trinajstić information content (AvgIpc) is 2.18. The van der Waals surface area contributed by atoms with Crippen molar-refractivity contribution in [2.24, 2.45) is 5.92 Å². The molecule has 1 aliphatic carbocycles. The van der Waals surface area contributed by atoms with Gasteiger partial charge in [-0.15, -0.1) is 0 Å². The van der Waals surface area contributed by atoms with E-state index >= 15 is 0 Å². The molecular formula is C15H20. The Labute approximate surface area is 93.0 Å². The summed E-state index contributed by atoms with van der Waals surface area (Å²) in [6.45, 7) is 10.8. The van der Waals surface area contributed by atoms with Gasteiger partial charge in [0, 0.05) is 0 Å². The van der Waals surface area contributed by atoms with Crippen molar-refractivity contribution in [1.29, 1.82) is 0 Å². The Morgan fingerprint density at radius 1 is 1.33 bits per heavy atom. The summed E-state index contributed by atoms with van der Waals surface area (Å²) in [5.41, 5.74) is 5.85. The van der Waals surface area contributed by atoms with Crippen molar-refractivity contribution < 1.29 is 0 Å². The van der Waals surface area contributed by atoms with Crippen LogP contribution in [0.2, 0.25) is 0 Å². The summed E-state index contributed by atoms with van der Waals surface area (Å²) in [7, 11) is 0. The molecule has 1 aromatic rings. The van der Waals surface area contributed by atoms with E-state index in [-0.39, 0.29) is 0 Å². The van der Waals surface area contributed by atoms with Gasteiger partial charge in [0.15, 0.2) is 0 Å². The number of rotatable bonds is 1. The van der Waals surface area contributed by atoms with E-state index in [0.717, 1.165) is 5.92 Å². The van der Waals surface area contributed by atoms with Crippen molar-refractivity contribution >= 4 is 6.08 Å². The third kappa shape index (κ3) is 1.73. The van der Waals surface area contributed by atoms with Crippen LogP contribution < -0.4 is 0 Å². The predicted molar refractivity (Wildman–Crippen MR) is 67.2 cm³/mol. The molecule has 0 aromatic heterocycles. The quantitative estimate of drug-likeness (QED) is 0.633. The molecule has 0 heterocycles. The summed E-state index contributed by atoms with van der Waals surface area (Å²) in [5, 5.41) is 0. The van der Waals surface area contributed by atoms with Crippen LogP contribution in [-0.2, 0) is 6.42 Å². The molecule has 15 heavy (non-hydrogen) atoms. The van der Waals surface area contributed by atoms with E-state index in [9.17, 15) is 0 Å². The number of fused-ring (bicyclic) bond motifs is 1. The van der Waals surface area contributed by atoms with Crippen LogP contribution in [0.4, 0.5) is 0 Å². The first-order chi connectivity index (χ1) is 7.13. The van der Waals surface area contributed by atoms with E-state index in [4.69, 9.17) is 0 Å². The van der Waals surface area contributed by atoms with Crippen LogP contribution in [0, 0.1) is 12.8 Å². The van der Waals surface area contributed by atoms with E-state index < -0.39 is 0 Å². The Hall–Kier alpha value is -1.04. The number of benzene rings is 1. The molecule has 0 N–H and O–H groups in total. The minimum absolute atomic E-state index is 0.691. The van der Waals surface area contributed by atoms with Gasteiger partial charge < -0.3 is 0 Å². The van der Waals surface area contributed by atoms with Crippen molar-refractivity contribution in [3.8, 4) is 0 Å². The summed E-state index contributed by atoms with van der Waals surface area (Å²) in [4.78, 5) is 0. The van der Waals surface area contributed by atoms with Crippen molar-refractivity contribution in [3.63, 3.8) is 0 Å². The summed E-state index contributed by atoms with van der Waals surface area (Å²) in [6.07, 6.45) is 4.58. The Kier molecular flexibility index (Phi) is 2.68. The third-order valence-electron chi connectivity index (χ3n) is 3.62. The molecule has 0 saturated carbocycles. The molecular weight excluding hydrogens is 180 g/mol. The Balaban J connectivity index is 2.59. The van der Waals surface area contributed by atoms with Gasteiger partial charge in [-0.3, -0.25) is 0 Å². The van der Waals surface area contributed by atoms with E-state index in [1.807, 2.05) is 6.08 Å². The van der Waals surface area contributed by atoms with E-state index in [2.05, 4.69) is 39.5 Å². The lowest BCUT2D eigenvalue weighted by atomic mass is 9.75. The molecule has 0 bridgehead atoms. The van der Waals surface area contributed by atoms with E-state index in [0.29, 0.717) is 5.92 Å². The minimum Gasteiger partial charge on any atom is -0.0984 e. The van der Waals surface area contributed by atoms with Crippen LogP contribution >= 0.6 is 0 Å². The maximum Gasteiger partial charge on any atom is -0.0179 e. The first-order valence-electron chi connectivity index (χ1n) is 5.88.